The monoisotopic (exact) mass is 458 g/mol. The van der Waals surface area contributed by atoms with Gasteiger partial charge < -0.3 is 9.64 Å². The van der Waals surface area contributed by atoms with Crippen molar-refractivity contribution in [3.63, 3.8) is 0 Å². The number of benzene rings is 2. The van der Waals surface area contributed by atoms with Gasteiger partial charge in [-0.15, -0.1) is 0 Å². The van der Waals surface area contributed by atoms with E-state index in [1.165, 1.54) is 11.8 Å². The second-order valence-corrected chi connectivity index (χ2v) is 11.7. The fourth-order valence-corrected chi connectivity index (χ4v) is 7.74. The van der Waals surface area contributed by atoms with Crippen molar-refractivity contribution in [1.82, 2.24) is 0 Å². The molecule has 0 aliphatic carbocycles. The number of hydrogen-bond donors (Lipinski definition) is 0. The third kappa shape index (κ3) is 5.30. The highest BCUT2D eigenvalue weighted by Crippen LogP contribution is 2.41. The van der Waals surface area contributed by atoms with Crippen LogP contribution in [0.4, 0.5) is 5.69 Å². The number of amides is 1. The molecule has 4 rings (SSSR count). The number of aliphatic imine (C=N–C) groups is 1. The van der Waals surface area contributed by atoms with Gasteiger partial charge in [0.1, 0.15) is 12.4 Å². The second-order valence-electron chi connectivity index (χ2n) is 8.32. The van der Waals surface area contributed by atoms with E-state index in [2.05, 4.69) is 4.99 Å². The molecular weight excluding hydrogens is 432 g/mol. The number of thioether (sulfide) groups is 1. The lowest BCUT2D eigenvalue weighted by atomic mass is 10.1. The summed E-state index contributed by atoms with van der Waals surface area (Å²) in [7, 11) is -3.09. The van der Waals surface area contributed by atoms with Gasteiger partial charge in [0.25, 0.3) is 0 Å². The van der Waals surface area contributed by atoms with Crippen LogP contribution in [0.25, 0.3) is 0 Å². The molecule has 2 aliphatic heterocycles. The first-order chi connectivity index (χ1) is 14.8. The molecule has 2 heterocycles. The minimum absolute atomic E-state index is 0.0777. The third-order valence-corrected chi connectivity index (χ3v) is 8.44. The lowest BCUT2D eigenvalue weighted by Gasteiger charge is -2.24. The van der Waals surface area contributed by atoms with Crippen LogP contribution in [0, 0.1) is 5.92 Å². The van der Waals surface area contributed by atoms with Crippen LogP contribution in [0.15, 0.2) is 59.6 Å². The summed E-state index contributed by atoms with van der Waals surface area (Å²) in [5.41, 5.74) is 1.90. The topological polar surface area (TPSA) is 76.0 Å². The van der Waals surface area contributed by atoms with E-state index in [0.29, 0.717) is 18.2 Å². The van der Waals surface area contributed by atoms with E-state index in [9.17, 15) is 13.2 Å². The molecule has 0 aromatic heterocycles. The minimum Gasteiger partial charge on any atom is -0.489 e. The first-order valence-corrected chi connectivity index (χ1v) is 13.1. The molecule has 0 spiro atoms. The third-order valence-electron chi connectivity index (χ3n) is 5.23. The summed E-state index contributed by atoms with van der Waals surface area (Å²) < 4.78 is 30.3. The van der Waals surface area contributed by atoms with Gasteiger partial charge in [0.2, 0.25) is 5.91 Å². The van der Waals surface area contributed by atoms with Crippen molar-refractivity contribution in [3.05, 3.63) is 60.2 Å². The highest BCUT2D eigenvalue weighted by atomic mass is 32.2. The summed E-state index contributed by atoms with van der Waals surface area (Å²) in [4.78, 5) is 18.6. The molecule has 2 aliphatic rings. The Hall–Kier alpha value is -2.32. The average molecular weight is 459 g/mol. The number of sulfone groups is 1. The Labute approximate surface area is 187 Å². The van der Waals surface area contributed by atoms with Crippen molar-refractivity contribution in [2.24, 2.45) is 10.9 Å². The molecule has 1 amide bonds. The number of hydrogen-bond acceptors (Lipinski definition) is 5. The SMILES string of the molecule is CC(C)CC(=O)N=C1S[C@@H]2CS(=O)(=O)C[C@@H]2N1c1ccc(OCc2ccccc2)cc1. The van der Waals surface area contributed by atoms with Crippen LogP contribution in [0.3, 0.4) is 0 Å². The molecule has 0 N–H and O–H groups in total. The number of amidine groups is 1. The first-order valence-electron chi connectivity index (χ1n) is 10.4. The molecule has 31 heavy (non-hydrogen) atoms. The number of carbonyl (C=O) groups excluding carboxylic acids is 1. The zero-order chi connectivity index (χ0) is 22.0. The molecule has 0 bridgehead atoms. The Morgan fingerprint density at radius 3 is 2.52 bits per heavy atom. The first kappa shape index (κ1) is 21.9. The Morgan fingerprint density at radius 1 is 1.13 bits per heavy atom. The fraction of sp³-hybridized carbons (Fsp3) is 0.391. The number of ether oxygens (including phenoxy) is 1. The summed E-state index contributed by atoms with van der Waals surface area (Å²) in [6, 6.07) is 17.3. The van der Waals surface area contributed by atoms with E-state index in [1.807, 2.05) is 73.3 Å². The van der Waals surface area contributed by atoms with E-state index in [0.717, 1.165) is 17.0 Å². The standard InChI is InChI=1S/C23H26N2O4S2/c1-16(2)12-22(26)24-23-25(20-14-31(27,28)15-21(20)30-23)18-8-10-19(11-9-18)29-13-17-6-4-3-5-7-17/h3-11,16,20-21H,12-15H2,1-2H3/t20-,21+/m0/s1. The van der Waals surface area contributed by atoms with E-state index < -0.39 is 9.84 Å². The molecule has 8 heteroatoms. The summed E-state index contributed by atoms with van der Waals surface area (Å²) in [5, 5.41) is 0.484. The van der Waals surface area contributed by atoms with Crippen LogP contribution in [0.1, 0.15) is 25.8 Å². The Bertz CT molecular complexity index is 1070. The normalized spacial score (nSPS) is 23.3. The van der Waals surface area contributed by atoms with Gasteiger partial charge in [-0.25, -0.2) is 8.42 Å². The van der Waals surface area contributed by atoms with Gasteiger partial charge in [-0.3, -0.25) is 4.79 Å². The summed E-state index contributed by atoms with van der Waals surface area (Å²) >= 11 is 1.40. The van der Waals surface area contributed by atoms with Gasteiger partial charge in [0.05, 0.1) is 17.5 Å². The predicted octanol–water partition coefficient (Wildman–Crippen LogP) is 3.91. The Kier molecular flexibility index (Phi) is 6.39. The quantitative estimate of drug-likeness (QED) is 0.653. The average Bonchev–Trinajstić information content (AvgIpc) is 3.17. The maximum Gasteiger partial charge on any atom is 0.248 e. The number of nitrogens with zero attached hydrogens (tertiary/aromatic N) is 2. The molecule has 2 aromatic carbocycles. The van der Waals surface area contributed by atoms with Crippen molar-refractivity contribution >= 4 is 38.4 Å². The molecule has 0 unspecified atom stereocenters. The van der Waals surface area contributed by atoms with Gasteiger partial charge in [-0.1, -0.05) is 55.9 Å². The Morgan fingerprint density at radius 2 is 1.84 bits per heavy atom. The molecule has 2 fully saturated rings. The zero-order valence-corrected chi connectivity index (χ0v) is 19.2. The zero-order valence-electron chi connectivity index (χ0n) is 17.6. The summed E-state index contributed by atoms with van der Waals surface area (Å²) in [5.74, 6) is 0.971. The largest absolute Gasteiger partial charge is 0.489 e. The predicted molar refractivity (Wildman–Crippen MR) is 125 cm³/mol. The van der Waals surface area contributed by atoms with Gasteiger partial charge in [-0.2, -0.15) is 4.99 Å². The van der Waals surface area contributed by atoms with Gasteiger partial charge in [-0.05, 0) is 35.7 Å². The molecule has 6 nitrogen and oxygen atoms in total. The van der Waals surface area contributed by atoms with Crippen molar-refractivity contribution < 1.29 is 17.9 Å². The lowest BCUT2D eigenvalue weighted by Crippen LogP contribution is -2.37. The Balaban J connectivity index is 1.54. The van der Waals surface area contributed by atoms with Crippen LogP contribution in [0.5, 0.6) is 5.75 Å². The second kappa shape index (κ2) is 9.04. The fourth-order valence-electron chi connectivity index (χ4n) is 3.81. The van der Waals surface area contributed by atoms with Crippen molar-refractivity contribution in [2.45, 2.75) is 38.2 Å². The molecule has 164 valence electrons. The van der Waals surface area contributed by atoms with E-state index in [-0.39, 0.29) is 34.6 Å². The highest BCUT2D eigenvalue weighted by Gasteiger charge is 2.49. The van der Waals surface area contributed by atoms with Gasteiger partial charge in [0.15, 0.2) is 15.0 Å². The summed E-state index contributed by atoms with van der Waals surface area (Å²) in [6.45, 7) is 4.43. The van der Waals surface area contributed by atoms with E-state index >= 15 is 0 Å². The molecule has 0 saturated carbocycles. The summed E-state index contributed by atoms with van der Waals surface area (Å²) in [6.07, 6.45) is 0.373. The number of carbonyl (C=O) groups is 1. The minimum atomic E-state index is -3.09. The molecule has 2 atom stereocenters. The van der Waals surface area contributed by atoms with Crippen LogP contribution < -0.4 is 9.64 Å². The van der Waals surface area contributed by atoms with Crippen LogP contribution in [-0.4, -0.2) is 42.3 Å². The molecule has 0 radical (unpaired) electrons. The highest BCUT2D eigenvalue weighted by molar-refractivity contribution is 8.16. The number of anilines is 1. The molecular formula is C23H26N2O4S2. The maximum absolute atomic E-state index is 12.3. The van der Waals surface area contributed by atoms with Gasteiger partial charge >= 0.3 is 0 Å². The van der Waals surface area contributed by atoms with E-state index in [1.54, 1.807) is 0 Å². The molecule has 2 aromatic rings. The van der Waals surface area contributed by atoms with Crippen LogP contribution >= 0.6 is 11.8 Å². The van der Waals surface area contributed by atoms with Crippen molar-refractivity contribution in [3.8, 4) is 5.75 Å². The van der Waals surface area contributed by atoms with Crippen LogP contribution in [-0.2, 0) is 21.2 Å². The molecule has 2 saturated heterocycles. The number of rotatable bonds is 6. The maximum atomic E-state index is 12.3. The van der Waals surface area contributed by atoms with Gasteiger partial charge in [0, 0.05) is 17.4 Å². The lowest BCUT2D eigenvalue weighted by molar-refractivity contribution is -0.118. The van der Waals surface area contributed by atoms with E-state index in [4.69, 9.17) is 4.74 Å². The van der Waals surface area contributed by atoms with Crippen molar-refractivity contribution in [2.75, 3.05) is 16.4 Å². The number of fused-ring (bicyclic) bond motifs is 1. The van der Waals surface area contributed by atoms with Crippen molar-refractivity contribution in [1.29, 1.82) is 0 Å². The van der Waals surface area contributed by atoms with Crippen LogP contribution in [0.2, 0.25) is 0 Å². The smallest absolute Gasteiger partial charge is 0.248 e.